The van der Waals surface area contributed by atoms with Crippen LogP contribution >= 0.6 is 0 Å². The van der Waals surface area contributed by atoms with Gasteiger partial charge in [-0.1, -0.05) is 6.08 Å². The van der Waals surface area contributed by atoms with E-state index in [4.69, 9.17) is 5.26 Å². The predicted molar refractivity (Wildman–Crippen MR) is 51.9 cm³/mol. The third-order valence-corrected chi connectivity index (χ3v) is 1.53. The van der Waals surface area contributed by atoms with Gasteiger partial charge in [0, 0.05) is 12.7 Å². The van der Waals surface area contributed by atoms with Crippen LogP contribution in [-0.2, 0) is 0 Å². The number of hydrogen-bond acceptors (Lipinski definition) is 3. The maximum atomic E-state index is 8.52. The second-order valence-electron chi connectivity index (χ2n) is 2.54. The van der Waals surface area contributed by atoms with Crippen LogP contribution in [0.2, 0.25) is 0 Å². The van der Waals surface area contributed by atoms with E-state index in [1.165, 1.54) is 0 Å². The largest absolute Gasteiger partial charge is 0.316 e. The first-order valence-corrected chi connectivity index (χ1v) is 4.04. The first-order valence-electron chi connectivity index (χ1n) is 4.04. The summed E-state index contributed by atoms with van der Waals surface area (Å²) in [6.45, 7) is 0.821. The third-order valence-electron chi connectivity index (χ3n) is 1.53. The number of likely N-dealkylation sites (N-methyl/N-ethyl adjacent to an activating group) is 1. The molecular weight excluding hydrogens is 162 g/mol. The van der Waals surface area contributed by atoms with E-state index in [0.717, 1.165) is 12.2 Å². The normalized spacial score (nSPS) is 10.2. The van der Waals surface area contributed by atoms with Gasteiger partial charge >= 0.3 is 0 Å². The molecule has 0 aliphatic rings. The van der Waals surface area contributed by atoms with Gasteiger partial charge in [0.2, 0.25) is 0 Å². The highest BCUT2D eigenvalue weighted by atomic mass is 14.8. The second-order valence-corrected chi connectivity index (χ2v) is 2.54. The fraction of sp³-hybridized carbons (Fsp3) is 0.200. The molecule has 1 aromatic heterocycles. The molecule has 0 aliphatic carbocycles. The molecule has 0 fully saturated rings. The molecular formula is C10H11N3. The molecule has 0 radical (unpaired) electrons. The molecule has 3 heteroatoms. The number of nitriles is 1. The third kappa shape index (κ3) is 3.06. The average molecular weight is 173 g/mol. The lowest BCUT2D eigenvalue weighted by Crippen LogP contribution is -2.03. The van der Waals surface area contributed by atoms with Gasteiger partial charge in [-0.25, -0.2) is 0 Å². The molecule has 66 valence electrons. The van der Waals surface area contributed by atoms with Gasteiger partial charge in [0.25, 0.3) is 0 Å². The van der Waals surface area contributed by atoms with Crippen LogP contribution in [0.4, 0.5) is 0 Å². The minimum Gasteiger partial charge on any atom is -0.316 e. The summed E-state index contributed by atoms with van der Waals surface area (Å²) in [5.41, 5.74) is 1.46. The van der Waals surface area contributed by atoms with E-state index < -0.39 is 0 Å². The van der Waals surface area contributed by atoms with Crippen molar-refractivity contribution in [1.82, 2.24) is 10.3 Å². The monoisotopic (exact) mass is 173 g/mol. The molecule has 3 nitrogen and oxygen atoms in total. The Kier molecular flexibility index (Phi) is 3.68. The van der Waals surface area contributed by atoms with Gasteiger partial charge in [0.15, 0.2) is 0 Å². The SMILES string of the molecule is CNCC=Cc1ccc(C#N)cn1. The van der Waals surface area contributed by atoms with Crippen LogP contribution in [0.5, 0.6) is 0 Å². The Bertz CT molecular complexity index is 319. The number of hydrogen-bond donors (Lipinski definition) is 1. The van der Waals surface area contributed by atoms with Crippen LogP contribution in [0, 0.1) is 11.3 Å². The predicted octanol–water partition coefficient (Wildman–Crippen LogP) is 1.19. The minimum atomic E-state index is 0.589. The molecule has 0 aliphatic heterocycles. The van der Waals surface area contributed by atoms with Gasteiger partial charge in [-0.2, -0.15) is 5.26 Å². The van der Waals surface area contributed by atoms with Gasteiger partial charge in [0.05, 0.1) is 11.3 Å². The Morgan fingerprint density at radius 1 is 1.62 bits per heavy atom. The first-order chi connectivity index (χ1) is 6.36. The fourth-order valence-electron chi connectivity index (χ4n) is 0.868. The Hall–Kier alpha value is -1.66. The first kappa shape index (κ1) is 9.43. The summed E-state index contributed by atoms with van der Waals surface area (Å²) in [7, 11) is 1.89. The summed E-state index contributed by atoms with van der Waals surface area (Å²) in [6, 6.07) is 5.60. The van der Waals surface area contributed by atoms with Crippen LogP contribution in [-0.4, -0.2) is 18.6 Å². The molecule has 0 spiro atoms. The Morgan fingerprint density at radius 3 is 3.00 bits per heavy atom. The standard InChI is InChI=1S/C10H11N3/c1-12-6-2-3-10-5-4-9(7-11)8-13-10/h2-5,8,12H,6H2,1H3. The van der Waals surface area contributed by atoms with Crippen LogP contribution in [0.3, 0.4) is 0 Å². The molecule has 1 N–H and O–H groups in total. The highest BCUT2D eigenvalue weighted by Crippen LogP contribution is 2.00. The zero-order chi connectivity index (χ0) is 9.52. The highest BCUT2D eigenvalue weighted by Gasteiger charge is 1.89. The number of pyridine rings is 1. The molecule has 0 unspecified atom stereocenters. The van der Waals surface area contributed by atoms with Crippen LogP contribution in [0.1, 0.15) is 11.3 Å². The average Bonchev–Trinajstić information content (AvgIpc) is 2.19. The van der Waals surface area contributed by atoms with Gasteiger partial charge in [-0.05, 0) is 25.3 Å². The van der Waals surface area contributed by atoms with Gasteiger partial charge in [0.1, 0.15) is 6.07 Å². The van der Waals surface area contributed by atoms with E-state index in [9.17, 15) is 0 Å². The van der Waals surface area contributed by atoms with Crippen molar-refractivity contribution in [1.29, 1.82) is 5.26 Å². The summed E-state index contributed by atoms with van der Waals surface area (Å²) in [5.74, 6) is 0. The van der Waals surface area contributed by atoms with Gasteiger partial charge in [-0.15, -0.1) is 0 Å². The molecule has 0 saturated carbocycles. The van der Waals surface area contributed by atoms with Gasteiger partial charge < -0.3 is 5.32 Å². The molecule has 0 atom stereocenters. The fourth-order valence-corrected chi connectivity index (χ4v) is 0.868. The van der Waals surface area contributed by atoms with Crippen molar-refractivity contribution in [3.8, 4) is 6.07 Å². The molecule has 1 aromatic rings. The van der Waals surface area contributed by atoms with E-state index in [0.29, 0.717) is 5.56 Å². The molecule has 1 heterocycles. The number of nitrogens with one attached hydrogen (secondary N) is 1. The van der Waals surface area contributed by atoms with Crippen LogP contribution < -0.4 is 5.32 Å². The number of nitrogens with zero attached hydrogens (tertiary/aromatic N) is 2. The topological polar surface area (TPSA) is 48.7 Å². The van der Waals surface area contributed by atoms with E-state index in [-0.39, 0.29) is 0 Å². The van der Waals surface area contributed by atoms with Crippen molar-refractivity contribution in [2.45, 2.75) is 0 Å². The van der Waals surface area contributed by atoms with E-state index in [1.54, 1.807) is 12.3 Å². The lowest BCUT2D eigenvalue weighted by atomic mass is 10.2. The molecule has 0 saturated heterocycles. The Labute approximate surface area is 77.7 Å². The van der Waals surface area contributed by atoms with E-state index in [1.807, 2.05) is 31.3 Å². The zero-order valence-corrected chi connectivity index (χ0v) is 7.49. The van der Waals surface area contributed by atoms with Crippen molar-refractivity contribution >= 4 is 6.08 Å². The maximum absolute atomic E-state index is 8.52. The lowest BCUT2D eigenvalue weighted by Gasteiger charge is -1.92. The molecule has 13 heavy (non-hydrogen) atoms. The molecule has 0 amide bonds. The Balaban J connectivity index is 2.65. The van der Waals surface area contributed by atoms with E-state index >= 15 is 0 Å². The van der Waals surface area contributed by atoms with E-state index in [2.05, 4.69) is 10.3 Å². The minimum absolute atomic E-state index is 0.589. The summed E-state index contributed by atoms with van der Waals surface area (Å²) in [6.07, 6.45) is 5.46. The molecule has 0 aromatic carbocycles. The van der Waals surface area contributed by atoms with Crippen LogP contribution in [0.25, 0.3) is 6.08 Å². The summed E-state index contributed by atoms with van der Waals surface area (Å²) < 4.78 is 0. The summed E-state index contributed by atoms with van der Waals surface area (Å²) >= 11 is 0. The lowest BCUT2D eigenvalue weighted by molar-refractivity contribution is 0.922. The van der Waals surface area contributed by atoms with Crippen molar-refractivity contribution in [3.63, 3.8) is 0 Å². The van der Waals surface area contributed by atoms with Crippen molar-refractivity contribution < 1.29 is 0 Å². The number of rotatable bonds is 3. The van der Waals surface area contributed by atoms with Gasteiger partial charge in [-0.3, -0.25) is 4.98 Å². The summed E-state index contributed by atoms with van der Waals surface area (Å²) in [5, 5.41) is 11.5. The maximum Gasteiger partial charge on any atom is 0.101 e. The zero-order valence-electron chi connectivity index (χ0n) is 7.49. The molecule has 1 rings (SSSR count). The highest BCUT2D eigenvalue weighted by molar-refractivity contribution is 5.45. The second kappa shape index (κ2) is 5.07. The smallest absolute Gasteiger partial charge is 0.101 e. The summed E-state index contributed by atoms with van der Waals surface area (Å²) in [4.78, 5) is 4.08. The van der Waals surface area contributed by atoms with Crippen LogP contribution in [0.15, 0.2) is 24.4 Å². The van der Waals surface area contributed by atoms with Crippen molar-refractivity contribution in [2.24, 2.45) is 0 Å². The number of aromatic nitrogens is 1. The molecule has 0 bridgehead atoms. The van der Waals surface area contributed by atoms with Crippen molar-refractivity contribution in [3.05, 3.63) is 35.7 Å². The Morgan fingerprint density at radius 2 is 2.46 bits per heavy atom. The van der Waals surface area contributed by atoms with Crippen molar-refractivity contribution in [2.75, 3.05) is 13.6 Å². The quantitative estimate of drug-likeness (QED) is 0.746.